The summed E-state index contributed by atoms with van der Waals surface area (Å²) in [5.41, 5.74) is 0.708. The summed E-state index contributed by atoms with van der Waals surface area (Å²) in [5, 5.41) is 11.1. The summed E-state index contributed by atoms with van der Waals surface area (Å²) >= 11 is 0. The number of hydrogen-bond acceptors (Lipinski definition) is 2. The molecular formula is C8H9NO2. The molecule has 1 aromatic rings. The van der Waals surface area contributed by atoms with Gasteiger partial charge in [0.2, 0.25) is 5.69 Å². The first-order chi connectivity index (χ1) is 5.29. The lowest BCUT2D eigenvalue weighted by molar-refractivity contribution is -0.615. The van der Waals surface area contributed by atoms with Gasteiger partial charge in [-0.3, -0.25) is 0 Å². The Labute approximate surface area is 64.8 Å². The van der Waals surface area contributed by atoms with E-state index in [0.717, 1.165) is 4.73 Å². The molecule has 2 unspecified atom stereocenters. The van der Waals surface area contributed by atoms with Gasteiger partial charge >= 0.3 is 0 Å². The normalized spacial score (nSPS) is 28.5. The fourth-order valence-corrected chi connectivity index (χ4v) is 1.16. The first kappa shape index (κ1) is 6.61. The number of rotatable bonds is 1. The number of ether oxygens (including phenoxy) is 1. The molecule has 0 aromatic carbocycles. The van der Waals surface area contributed by atoms with Crippen LogP contribution in [0.5, 0.6) is 0 Å². The van der Waals surface area contributed by atoms with Crippen molar-refractivity contribution in [3.8, 4) is 0 Å². The van der Waals surface area contributed by atoms with Crippen LogP contribution >= 0.6 is 0 Å². The van der Waals surface area contributed by atoms with Crippen LogP contribution in [0.25, 0.3) is 0 Å². The second kappa shape index (κ2) is 2.20. The Hall–Kier alpha value is -1.09. The number of aromatic nitrogens is 1. The van der Waals surface area contributed by atoms with E-state index >= 15 is 0 Å². The third-order valence-electron chi connectivity index (χ3n) is 1.86. The highest BCUT2D eigenvalue weighted by atomic mass is 16.6. The van der Waals surface area contributed by atoms with Crippen LogP contribution < -0.4 is 4.73 Å². The molecule has 0 saturated carbocycles. The molecule has 2 atom stereocenters. The Morgan fingerprint density at radius 3 is 2.82 bits per heavy atom. The monoisotopic (exact) mass is 151 g/mol. The molecule has 0 amide bonds. The van der Waals surface area contributed by atoms with Crippen molar-refractivity contribution in [2.75, 3.05) is 0 Å². The highest BCUT2D eigenvalue weighted by Gasteiger charge is 2.41. The molecule has 58 valence electrons. The summed E-state index contributed by atoms with van der Waals surface area (Å²) in [6.07, 6.45) is 1.72. The van der Waals surface area contributed by atoms with Crippen molar-refractivity contribution in [1.29, 1.82) is 0 Å². The van der Waals surface area contributed by atoms with E-state index in [1.54, 1.807) is 12.1 Å². The second-order valence-electron chi connectivity index (χ2n) is 2.71. The van der Waals surface area contributed by atoms with Crippen LogP contribution in [-0.2, 0) is 4.74 Å². The summed E-state index contributed by atoms with van der Waals surface area (Å²) < 4.78 is 6.02. The van der Waals surface area contributed by atoms with Crippen molar-refractivity contribution in [3.63, 3.8) is 0 Å². The minimum absolute atomic E-state index is 0.0219. The number of hydrogen-bond donors (Lipinski definition) is 0. The predicted octanol–water partition coefficient (Wildman–Crippen LogP) is 0.780. The van der Waals surface area contributed by atoms with E-state index in [-0.39, 0.29) is 12.2 Å². The van der Waals surface area contributed by atoms with E-state index in [2.05, 4.69) is 0 Å². The van der Waals surface area contributed by atoms with Crippen molar-refractivity contribution in [2.24, 2.45) is 0 Å². The lowest BCUT2D eigenvalue weighted by Gasteiger charge is -1.98. The smallest absolute Gasteiger partial charge is 0.224 e. The van der Waals surface area contributed by atoms with Crippen molar-refractivity contribution in [3.05, 3.63) is 35.3 Å². The maximum atomic E-state index is 11.1. The Bertz CT molecular complexity index is 275. The summed E-state index contributed by atoms with van der Waals surface area (Å²) in [6.45, 7) is 1.96. The second-order valence-corrected chi connectivity index (χ2v) is 2.71. The highest BCUT2D eigenvalue weighted by Crippen LogP contribution is 2.35. The van der Waals surface area contributed by atoms with Crippen molar-refractivity contribution >= 4 is 0 Å². The van der Waals surface area contributed by atoms with Gasteiger partial charge < -0.3 is 9.94 Å². The SMILES string of the molecule is CC1OC1c1cccc[n+]1[O-]. The van der Waals surface area contributed by atoms with E-state index < -0.39 is 0 Å². The zero-order chi connectivity index (χ0) is 7.84. The quantitative estimate of drug-likeness (QED) is 0.338. The molecule has 1 aromatic heterocycles. The van der Waals surface area contributed by atoms with E-state index in [1.807, 2.05) is 13.0 Å². The van der Waals surface area contributed by atoms with Crippen molar-refractivity contribution in [1.82, 2.24) is 0 Å². The Morgan fingerprint density at radius 2 is 2.27 bits per heavy atom. The molecule has 0 bridgehead atoms. The van der Waals surface area contributed by atoms with Crippen LogP contribution in [0, 0.1) is 5.21 Å². The summed E-state index contributed by atoms with van der Waals surface area (Å²) in [5.74, 6) is 0. The van der Waals surface area contributed by atoms with Gasteiger partial charge in [-0.2, -0.15) is 4.73 Å². The van der Waals surface area contributed by atoms with Crippen molar-refractivity contribution < 1.29 is 9.47 Å². The molecule has 3 nitrogen and oxygen atoms in total. The predicted molar refractivity (Wildman–Crippen MR) is 38.7 cm³/mol. The zero-order valence-corrected chi connectivity index (χ0v) is 6.23. The molecule has 3 heteroatoms. The molecule has 0 aliphatic carbocycles. The standard InChI is InChI=1S/C8H9NO2/c1-6-8(11-6)7-4-2-3-5-9(7)10/h2-6,8H,1H3. The first-order valence-corrected chi connectivity index (χ1v) is 3.62. The van der Waals surface area contributed by atoms with E-state index in [1.165, 1.54) is 6.20 Å². The lowest BCUT2D eigenvalue weighted by Crippen LogP contribution is -2.30. The third-order valence-corrected chi connectivity index (χ3v) is 1.86. The Kier molecular flexibility index (Phi) is 1.32. The van der Waals surface area contributed by atoms with Gasteiger partial charge in [-0.25, -0.2) is 0 Å². The summed E-state index contributed by atoms with van der Waals surface area (Å²) in [6, 6.07) is 5.35. The third kappa shape index (κ3) is 1.07. The lowest BCUT2D eigenvalue weighted by atomic mass is 10.2. The van der Waals surface area contributed by atoms with Crippen LogP contribution in [-0.4, -0.2) is 6.10 Å². The van der Waals surface area contributed by atoms with Crippen molar-refractivity contribution in [2.45, 2.75) is 19.1 Å². The molecule has 1 aliphatic rings. The van der Waals surface area contributed by atoms with Crippen LogP contribution in [0.2, 0.25) is 0 Å². The summed E-state index contributed by atoms with van der Waals surface area (Å²) in [4.78, 5) is 0. The molecule has 0 N–H and O–H groups in total. The van der Waals surface area contributed by atoms with Gasteiger partial charge in [0.15, 0.2) is 12.3 Å². The fourth-order valence-electron chi connectivity index (χ4n) is 1.16. The average Bonchev–Trinajstić information content (AvgIpc) is 2.68. The zero-order valence-electron chi connectivity index (χ0n) is 6.23. The molecular weight excluding hydrogens is 142 g/mol. The molecule has 1 saturated heterocycles. The van der Waals surface area contributed by atoms with E-state index in [9.17, 15) is 5.21 Å². The molecule has 2 heterocycles. The van der Waals surface area contributed by atoms with Crippen LogP contribution in [0.3, 0.4) is 0 Å². The van der Waals surface area contributed by atoms with Gasteiger partial charge in [-0.05, 0) is 13.0 Å². The molecule has 0 spiro atoms. The van der Waals surface area contributed by atoms with Crippen LogP contribution in [0.15, 0.2) is 24.4 Å². The van der Waals surface area contributed by atoms with Gasteiger partial charge in [0.05, 0.1) is 6.10 Å². The molecule has 1 aliphatic heterocycles. The van der Waals surface area contributed by atoms with Gasteiger partial charge in [-0.15, -0.1) is 0 Å². The first-order valence-electron chi connectivity index (χ1n) is 3.62. The van der Waals surface area contributed by atoms with Gasteiger partial charge in [-0.1, -0.05) is 0 Å². The minimum atomic E-state index is 0.0219. The number of nitrogens with zero attached hydrogens (tertiary/aromatic N) is 1. The van der Waals surface area contributed by atoms with Gasteiger partial charge in [0.1, 0.15) is 0 Å². The Balaban J connectivity index is 2.31. The fraction of sp³-hybridized carbons (Fsp3) is 0.375. The minimum Gasteiger partial charge on any atom is -0.618 e. The molecule has 1 fully saturated rings. The summed E-state index contributed by atoms with van der Waals surface area (Å²) in [7, 11) is 0. The highest BCUT2D eigenvalue weighted by molar-refractivity contribution is 5.07. The Morgan fingerprint density at radius 1 is 1.55 bits per heavy atom. The van der Waals surface area contributed by atoms with Gasteiger partial charge in [0, 0.05) is 12.1 Å². The maximum absolute atomic E-state index is 11.1. The molecule has 2 rings (SSSR count). The number of epoxide rings is 1. The largest absolute Gasteiger partial charge is 0.618 e. The topological polar surface area (TPSA) is 39.5 Å². The number of pyridine rings is 1. The molecule has 11 heavy (non-hydrogen) atoms. The maximum Gasteiger partial charge on any atom is 0.224 e. The van der Waals surface area contributed by atoms with Gasteiger partial charge in [0.25, 0.3) is 0 Å². The van der Waals surface area contributed by atoms with E-state index in [0.29, 0.717) is 5.69 Å². The van der Waals surface area contributed by atoms with E-state index in [4.69, 9.17) is 4.74 Å². The molecule has 0 radical (unpaired) electrons. The average molecular weight is 151 g/mol. The van der Waals surface area contributed by atoms with Crippen LogP contribution in [0.1, 0.15) is 18.7 Å². The van der Waals surface area contributed by atoms with Crippen LogP contribution in [0.4, 0.5) is 0 Å².